The van der Waals surface area contributed by atoms with Gasteiger partial charge in [-0.05, 0) is 19.0 Å². The van der Waals surface area contributed by atoms with Gasteiger partial charge in [-0.1, -0.05) is 40.8 Å². The Balaban J connectivity index is 1.97. The maximum absolute atomic E-state index is 10.8. The number of nitrogens with zero attached hydrogens (tertiary/aromatic N) is 3. The summed E-state index contributed by atoms with van der Waals surface area (Å²) in [6.45, 7) is 8.54. The number of phenols is 1. The number of phenolic OH excluding ortho intramolecular Hbond substituents is 1. The smallest absolute Gasteiger partial charge is 0.303 e. The zero-order chi connectivity index (χ0) is 18.8. The van der Waals surface area contributed by atoms with E-state index in [9.17, 15) is 9.90 Å². The van der Waals surface area contributed by atoms with Crippen LogP contribution in [0.25, 0.3) is 0 Å². The fourth-order valence-corrected chi connectivity index (χ4v) is 3.93. The van der Waals surface area contributed by atoms with Gasteiger partial charge < -0.3 is 20.0 Å². The van der Waals surface area contributed by atoms with Crippen molar-refractivity contribution in [3.63, 3.8) is 0 Å². The van der Waals surface area contributed by atoms with Crippen LogP contribution in [0.15, 0.2) is 24.3 Å². The van der Waals surface area contributed by atoms with Crippen LogP contribution in [0, 0.1) is 0 Å². The van der Waals surface area contributed by atoms with E-state index in [1.54, 1.807) is 6.07 Å². The Labute approximate surface area is 169 Å². The van der Waals surface area contributed by atoms with E-state index in [2.05, 4.69) is 37.3 Å². The van der Waals surface area contributed by atoms with Crippen LogP contribution in [0.5, 0.6) is 5.75 Å². The van der Waals surface area contributed by atoms with Gasteiger partial charge in [-0.3, -0.25) is 9.69 Å². The second-order valence-corrected chi connectivity index (χ2v) is 7.85. The first kappa shape index (κ1) is 21.4. The van der Waals surface area contributed by atoms with Crippen LogP contribution in [0.4, 0.5) is 0 Å². The Morgan fingerprint density at radius 2 is 1.54 bits per heavy atom. The second-order valence-electron chi connectivity index (χ2n) is 6.77. The predicted molar refractivity (Wildman–Crippen MR) is 112 cm³/mol. The van der Waals surface area contributed by atoms with Crippen molar-refractivity contribution in [2.24, 2.45) is 0 Å². The lowest BCUT2D eigenvalue weighted by Gasteiger charge is -2.26. The van der Waals surface area contributed by atoms with E-state index in [4.69, 9.17) is 5.11 Å². The van der Waals surface area contributed by atoms with E-state index >= 15 is 0 Å². The van der Waals surface area contributed by atoms with Crippen LogP contribution in [0.1, 0.15) is 18.4 Å². The predicted octanol–water partition coefficient (Wildman–Crippen LogP) is 2.11. The number of carbonyl (C=O) groups is 1. The lowest BCUT2D eigenvalue weighted by molar-refractivity contribution is -0.137. The van der Waals surface area contributed by atoms with Gasteiger partial charge in [-0.2, -0.15) is 0 Å². The molecule has 0 saturated carbocycles. The molecular weight excluding hydrogens is 445 g/mol. The first-order chi connectivity index (χ1) is 12.6. The molecule has 7 heteroatoms. The maximum Gasteiger partial charge on any atom is 0.303 e. The molecule has 1 aromatic rings. The molecule has 1 saturated heterocycles. The number of rotatable bonds is 8. The van der Waals surface area contributed by atoms with Crippen molar-refractivity contribution in [1.29, 1.82) is 0 Å². The van der Waals surface area contributed by atoms with Crippen molar-refractivity contribution >= 4 is 28.6 Å². The van der Waals surface area contributed by atoms with Gasteiger partial charge in [0, 0.05) is 68.8 Å². The normalized spacial score (nSPS) is 18.2. The highest BCUT2D eigenvalue weighted by Crippen LogP contribution is 2.18. The van der Waals surface area contributed by atoms with Crippen LogP contribution < -0.4 is 0 Å². The lowest BCUT2D eigenvalue weighted by Crippen LogP contribution is -2.37. The van der Waals surface area contributed by atoms with Crippen molar-refractivity contribution in [3.05, 3.63) is 29.8 Å². The van der Waals surface area contributed by atoms with Crippen LogP contribution in [0.3, 0.4) is 0 Å². The molecule has 0 bridgehead atoms. The minimum absolute atomic E-state index is 0.232. The van der Waals surface area contributed by atoms with Gasteiger partial charge >= 0.3 is 5.97 Å². The summed E-state index contributed by atoms with van der Waals surface area (Å²) < 4.78 is 1.11. The van der Waals surface area contributed by atoms with Gasteiger partial charge in [-0.25, -0.2) is 0 Å². The number of aliphatic carboxylic acids is 1. The Hall–Kier alpha value is -0.900. The third kappa shape index (κ3) is 7.77. The monoisotopic (exact) mass is 475 g/mol. The standard InChI is InChI=1S/C19H30IN3O3/c20-7-9-22-11-10-21(8-3-6-19(25)26)12-14-23(15-13-22)16-17-4-1-2-5-18(17)24/h1-2,4-5,24H,3,6-16H2,(H,25,26). The molecule has 1 aliphatic rings. The number of aromatic hydroxyl groups is 1. The van der Waals surface area contributed by atoms with Gasteiger partial charge in [0.2, 0.25) is 0 Å². The summed E-state index contributed by atoms with van der Waals surface area (Å²) in [4.78, 5) is 18.0. The summed E-state index contributed by atoms with van der Waals surface area (Å²) in [5.41, 5.74) is 0.963. The minimum atomic E-state index is -0.720. The van der Waals surface area contributed by atoms with Crippen molar-refractivity contribution in [2.75, 3.05) is 56.8 Å². The number of halogens is 1. The van der Waals surface area contributed by atoms with E-state index in [0.29, 0.717) is 12.2 Å². The molecule has 146 valence electrons. The van der Waals surface area contributed by atoms with Gasteiger partial charge in [0.15, 0.2) is 0 Å². The lowest BCUT2D eigenvalue weighted by atomic mass is 10.2. The molecule has 26 heavy (non-hydrogen) atoms. The third-order valence-corrected chi connectivity index (χ3v) is 5.33. The van der Waals surface area contributed by atoms with E-state index in [0.717, 1.165) is 68.9 Å². The third-order valence-electron chi connectivity index (χ3n) is 4.85. The van der Waals surface area contributed by atoms with Gasteiger partial charge in [0.05, 0.1) is 0 Å². The molecule has 0 aromatic heterocycles. The summed E-state index contributed by atoms with van der Waals surface area (Å²) in [7, 11) is 0. The topological polar surface area (TPSA) is 67.2 Å². The molecule has 1 aromatic carbocycles. The molecule has 1 fully saturated rings. The number of benzene rings is 1. The van der Waals surface area contributed by atoms with E-state index in [1.165, 1.54) is 0 Å². The van der Waals surface area contributed by atoms with Crippen LogP contribution in [-0.2, 0) is 11.3 Å². The number of hydrogen-bond donors (Lipinski definition) is 2. The van der Waals surface area contributed by atoms with E-state index < -0.39 is 5.97 Å². The van der Waals surface area contributed by atoms with E-state index in [1.807, 2.05) is 18.2 Å². The maximum atomic E-state index is 10.8. The Kier molecular flexibility index (Phi) is 9.66. The molecule has 1 aliphatic heterocycles. The molecule has 0 radical (unpaired) electrons. The molecule has 0 atom stereocenters. The minimum Gasteiger partial charge on any atom is -0.508 e. The molecule has 0 unspecified atom stereocenters. The van der Waals surface area contributed by atoms with Crippen LogP contribution in [-0.4, -0.2) is 87.7 Å². The highest BCUT2D eigenvalue weighted by atomic mass is 127. The second kappa shape index (κ2) is 11.7. The van der Waals surface area contributed by atoms with Crippen molar-refractivity contribution < 1.29 is 15.0 Å². The largest absolute Gasteiger partial charge is 0.508 e. The number of carboxylic acid groups (broad SMARTS) is 1. The van der Waals surface area contributed by atoms with Crippen LogP contribution in [0.2, 0.25) is 0 Å². The van der Waals surface area contributed by atoms with Gasteiger partial charge in [0.25, 0.3) is 0 Å². The van der Waals surface area contributed by atoms with Crippen molar-refractivity contribution in [1.82, 2.24) is 14.7 Å². The van der Waals surface area contributed by atoms with Crippen LogP contribution >= 0.6 is 22.6 Å². The number of carboxylic acids is 1. The molecule has 2 N–H and O–H groups in total. The zero-order valence-electron chi connectivity index (χ0n) is 15.3. The molecule has 0 aliphatic carbocycles. The first-order valence-corrected chi connectivity index (χ1v) is 10.8. The molecule has 1 heterocycles. The summed E-state index contributed by atoms with van der Waals surface area (Å²) in [5, 5.41) is 18.9. The summed E-state index contributed by atoms with van der Waals surface area (Å²) in [6.07, 6.45) is 0.927. The quantitative estimate of drug-likeness (QED) is 0.444. The summed E-state index contributed by atoms with van der Waals surface area (Å²) in [6, 6.07) is 7.54. The fourth-order valence-electron chi connectivity index (χ4n) is 3.25. The Morgan fingerprint density at radius 3 is 2.12 bits per heavy atom. The summed E-state index contributed by atoms with van der Waals surface area (Å²) in [5.74, 6) is -0.364. The summed E-state index contributed by atoms with van der Waals surface area (Å²) >= 11 is 2.42. The van der Waals surface area contributed by atoms with Gasteiger partial charge in [0.1, 0.15) is 5.75 Å². The molecular formula is C19H30IN3O3. The Bertz CT molecular complexity index is 559. The average molecular weight is 475 g/mol. The highest BCUT2D eigenvalue weighted by Gasteiger charge is 2.17. The SMILES string of the molecule is O=C(O)CCCN1CCN(CCI)CCN(Cc2ccccc2O)CC1. The van der Waals surface area contributed by atoms with E-state index in [-0.39, 0.29) is 6.42 Å². The Morgan fingerprint density at radius 1 is 0.962 bits per heavy atom. The molecule has 2 rings (SSSR count). The molecule has 6 nitrogen and oxygen atoms in total. The molecule has 0 spiro atoms. The molecule has 0 amide bonds. The highest BCUT2D eigenvalue weighted by molar-refractivity contribution is 14.1. The zero-order valence-corrected chi connectivity index (χ0v) is 17.5. The number of hydrogen-bond acceptors (Lipinski definition) is 5. The van der Waals surface area contributed by atoms with Gasteiger partial charge in [-0.15, -0.1) is 0 Å². The average Bonchev–Trinajstić information content (AvgIpc) is 2.70. The first-order valence-electron chi connectivity index (χ1n) is 9.30. The number of alkyl halides is 1. The van der Waals surface area contributed by atoms with Crippen molar-refractivity contribution in [3.8, 4) is 5.75 Å². The number of para-hydroxylation sites is 1. The fraction of sp³-hybridized carbons (Fsp3) is 0.632. The van der Waals surface area contributed by atoms with Crippen molar-refractivity contribution in [2.45, 2.75) is 19.4 Å².